The molecule has 0 unspecified atom stereocenters. The highest BCUT2D eigenvalue weighted by atomic mass is 79.9. The van der Waals surface area contributed by atoms with Gasteiger partial charge in [-0.05, 0) is 60.5 Å². The molecule has 3 aromatic rings. The smallest absolute Gasteiger partial charge is 0.258 e. The van der Waals surface area contributed by atoms with Crippen LogP contribution < -0.4 is 10.2 Å². The number of carbonyl (C=O) groups excluding carboxylic acids is 2. The van der Waals surface area contributed by atoms with E-state index in [1.807, 2.05) is 13.0 Å². The molecule has 0 saturated carbocycles. The summed E-state index contributed by atoms with van der Waals surface area (Å²) in [6.45, 7) is 2.64. The van der Waals surface area contributed by atoms with E-state index in [1.54, 1.807) is 41.3 Å². The lowest BCUT2D eigenvalue weighted by Gasteiger charge is -2.23. The van der Waals surface area contributed by atoms with Crippen molar-refractivity contribution >= 4 is 66.7 Å². The molecule has 0 fully saturated rings. The molecule has 0 bridgehead atoms. The first-order valence-corrected chi connectivity index (χ1v) is 14.3. The predicted octanol–water partition coefficient (Wildman–Crippen LogP) is 5.99. The molecular formula is C26H26BrCl2N3O4S. The minimum absolute atomic E-state index is 0.0302. The van der Waals surface area contributed by atoms with Gasteiger partial charge in [-0.1, -0.05) is 58.2 Å². The fourth-order valence-electron chi connectivity index (χ4n) is 3.50. The number of nitrogens with zero attached hydrogens (tertiary/aromatic N) is 2. The predicted molar refractivity (Wildman–Crippen MR) is 151 cm³/mol. The van der Waals surface area contributed by atoms with E-state index < -0.39 is 15.9 Å². The summed E-state index contributed by atoms with van der Waals surface area (Å²) >= 11 is 15.9. The molecular weight excluding hydrogens is 601 g/mol. The molecule has 0 saturated heterocycles. The van der Waals surface area contributed by atoms with Gasteiger partial charge in [0.15, 0.2) is 0 Å². The van der Waals surface area contributed by atoms with Gasteiger partial charge in [-0.2, -0.15) is 0 Å². The number of hydrogen-bond acceptors (Lipinski definition) is 4. The monoisotopic (exact) mass is 625 g/mol. The van der Waals surface area contributed by atoms with Gasteiger partial charge in [-0.15, -0.1) is 0 Å². The Morgan fingerprint density at radius 3 is 2.22 bits per heavy atom. The molecule has 0 aliphatic carbocycles. The summed E-state index contributed by atoms with van der Waals surface area (Å²) in [5.41, 5.74) is 1.91. The van der Waals surface area contributed by atoms with Gasteiger partial charge in [0.2, 0.25) is 10.0 Å². The number of benzene rings is 3. The van der Waals surface area contributed by atoms with E-state index in [0.717, 1.165) is 20.8 Å². The summed E-state index contributed by atoms with van der Waals surface area (Å²) in [5.74, 6) is -0.702. The van der Waals surface area contributed by atoms with Crippen molar-refractivity contribution in [1.82, 2.24) is 9.62 Å². The fraction of sp³-hybridized carbons (Fsp3) is 0.231. The van der Waals surface area contributed by atoms with Crippen LogP contribution in [0.4, 0.5) is 5.69 Å². The summed E-state index contributed by atoms with van der Waals surface area (Å²) in [5, 5.41) is 3.35. The van der Waals surface area contributed by atoms with Crippen molar-refractivity contribution in [3.8, 4) is 0 Å². The Morgan fingerprint density at radius 2 is 1.62 bits per heavy atom. The molecule has 196 valence electrons. The van der Waals surface area contributed by atoms with Crippen LogP contribution in [0.1, 0.15) is 39.6 Å². The molecule has 0 radical (unpaired) electrons. The van der Waals surface area contributed by atoms with Crippen molar-refractivity contribution in [2.75, 3.05) is 25.5 Å². The third-order valence-electron chi connectivity index (χ3n) is 5.51. The van der Waals surface area contributed by atoms with Crippen LogP contribution in [0.2, 0.25) is 10.0 Å². The van der Waals surface area contributed by atoms with E-state index in [9.17, 15) is 18.0 Å². The molecule has 11 heteroatoms. The second kappa shape index (κ2) is 12.4. The number of amides is 2. The van der Waals surface area contributed by atoms with Crippen LogP contribution in [0.3, 0.4) is 0 Å². The Hall–Kier alpha value is -2.43. The van der Waals surface area contributed by atoms with Crippen LogP contribution in [-0.4, -0.2) is 45.2 Å². The van der Waals surface area contributed by atoms with Crippen molar-refractivity contribution in [2.45, 2.75) is 24.8 Å². The number of nitrogens with one attached hydrogen (secondary N) is 1. The van der Waals surface area contributed by atoms with Crippen LogP contribution in [0, 0.1) is 0 Å². The lowest BCUT2D eigenvalue weighted by atomic mass is 10.1. The largest absolute Gasteiger partial charge is 0.348 e. The minimum Gasteiger partial charge on any atom is -0.348 e. The Bertz CT molecular complexity index is 1410. The summed E-state index contributed by atoms with van der Waals surface area (Å²) < 4.78 is 26.7. The number of halogens is 3. The Balaban J connectivity index is 1.73. The van der Waals surface area contributed by atoms with E-state index in [0.29, 0.717) is 22.8 Å². The molecule has 7 nitrogen and oxygen atoms in total. The third kappa shape index (κ3) is 6.91. The molecule has 0 heterocycles. The van der Waals surface area contributed by atoms with Crippen LogP contribution in [0.25, 0.3) is 0 Å². The Labute approximate surface area is 235 Å². The van der Waals surface area contributed by atoms with E-state index in [-0.39, 0.29) is 27.9 Å². The Morgan fingerprint density at radius 1 is 0.946 bits per heavy atom. The van der Waals surface area contributed by atoms with Crippen LogP contribution in [0.5, 0.6) is 0 Å². The van der Waals surface area contributed by atoms with Gasteiger partial charge in [-0.25, -0.2) is 12.7 Å². The highest BCUT2D eigenvalue weighted by molar-refractivity contribution is 9.10. The number of hydrogen-bond donors (Lipinski definition) is 1. The highest BCUT2D eigenvalue weighted by Gasteiger charge is 2.22. The molecule has 0 aromatic heterocycles. The highest BCUT2D eigenvalue weighted by Crippen LogP contribution is 2.30. The average molecular weight is 627 g/mol. The molecule has 0 spiro atoms. The van der Waals surface area contributed by atoms with Crippen LogP contribution >= 0.6 is 39.1 Å². The first kappa shape index (κ1) is 29.1. The van der Waals surface area contributed by atoms with Gasteiger partial charge in [0.1, 0.15) is 0 Å². The van der Waals surface area contributed by atoms with Gasteiger partial charge in [0, 0.05) is 37.2 Å². The molecule has 3 aromatic carbocycles. The topological polar surface area (TPSA) is 86.8 Å². The lowest BCUT2D eigenvalue weighted by molar-refractivity contribution is 0.0948. The number of sulfonamides is 1. The van der Waals surface area contributed by atoms with E-state index in [1.165, 1.54) is 32.3 Å². The average Bonchev–Trinajstić information content (AvgIpc) is 2.86. The van der Waals surface area contributed by atoms with Crippen molar-refractivity contribution < 1.29 is 18.0 Å². The summed E-state index contributed by atoms with van der Waals surface area (Å²) in [7, 11) is -0.898. The van der Waals surface area contributed by atoms with E-state index >= 15 is 0 Å². The van der Waals surface area contributed by atoms with Crippen LogP contribution in [-0.2, 0) is 16.6 Å². The van der Waals surface area contributed by atoms with Gasteiger partial charge in [-0.3, -0.25) is 9.59 Å². The van der Waals surface area contributed by atoms with Crippen molar-refractivity contribution in [3.05, 3.63) is 91.9 Å². The van der Waals surface area contributed by atoms with E-state index in [4.69, 9.17) is 23.2 Å². The maximum absolute atomic E-state index is 13.3. The maximum atomic E-state index is 13.3. The SMILES string of the molecule is CCCN(C(=O)c1ccc(CNC(=O)c2cc(S(=O)(=O)N(C)C)ccc2Cl)cc1)c1ccc(Br)cc1Cl. The summed E-state index contributed by atoms with van der Waals surface area (Å²) in [6, 6.07) is 16.2. The molecule has 37 heavy (non-hydrogen) atoms. The summed E-state index contributed by atoms with van der Waals surface area (Å²) in [6.07, 6.45) is 0.752. The van der Waals surface area contributed by atoms with Gasteiger partial charge in [0.05, 0.1) is 26.2 Å². The van der Waals surface area contributed by atoms with E-state index in [2.05, 4.69) is 21.2 Å². The van der Waals surface area contributed by atoms with Gasteiger partial charge in [0.25, 0.3) is 11.8 Å². The fourth-order valence-corrected chi connectivity index (χ4v) is 5.41. The number of carbonyl (C=O) groups is 2. The molecule has 0 aliphatic rings. The molecule has 3 rings (SSSR count). The maximum Gasteiger partial charge on any atom is 0.258 e. The zero-order valence-corrected chi connectivity index (χ0v) is 24.4. The van der Waals surface area contributed by atoms with Crippen molar-refractivity contribution in [1.29, 1.82) is 0 Å². The summed E-state index contributed by atoms with van der Waals surface area (Å²) in [4.78, 5) is 27.6. The quantitative estimate of drug-likeness (QED) is 0.316. The normalized spacial score (nSPS) is 11.4. The van der Waals surface area contributed by atoms with Crippen LogP contribution in [0.15, 0.2) is 70.0 Å². The zero-order valence-electron chi connectivity index (χ0n) is 20.5. The van der Waals surface area contributed by atoms with Gasteiger partial charge < -0.3 is 10.2 Å². The van der Waals surface area contributed by atoms with Crippen molar-refractivity contribution in [3.63, 3.8) is 0 Å². The first-order valence-electron chi connectivity index (χ1n) is 11.3. The first-order chi connectivity index (χ1) is 17.4. The second-order valence-electron chi connectivity index (χ2n) is 8.36. The number of rotatable bonds is 9. The lowest BCUT2D eigenvalue weighted by Crippen LogP contribution is -2.32. The molecule has 1 N–H and O–H groups in total. The molecule has 0 aliphatic heterocycles. The molecule has 2 amide bonds. The standard InChI is InChI=1S/C26H26BrCl2N3O4S/c1-4-13-32(24-12-9-19(27)14-23(24)29)26(34)18-7-5-17(6-8-18)16-30-25(33)21-15-20(10-11-22(21)28)37(35,36)31(2)3/h5-12,14-15H,4,13,16H2,1-3H3,(H,30,33). The number of anilines is 1. The Kier molecular flexibility index (Phi) is 9.77. The third-order valence-corrected chi connectivity index (χ3v) is 8.44. The second-order valence-corrected chi connectivity index (χ2v) is 12.2. The van der Waals surface area contributed by atoms with Crippen molar-refractivity contribution in [2.24, 2.45) is 0 Å². The zero-order chi connectivity index (χ0) is 27.3. The minimum atomic E-state index is -3.72. The molecule has 0 atom stereocenters. The van der Waals surface area contributed by atoms with Gasteiger partial charge >= 0.3 is 0 Å².